The number of hydrogen-bond acceptors (Lipinski definition) is 3. The maximum absolute atomic E-state index is 12.5. The number of anilines is 1. The Morgan fingerprint density at radius 1 is 1.08 bits per heavy atom. The van der Waals surface area contributed by atoms with Gasteiger partial charge in [0.2, 0.25) is 0 Å². The molecule has 1 unspecified atom stereocenters. The number of nitrogens with zero attached hydrogens (tertiary/aromatic N) is 1. The summed E-state index contributed by atoms with van der Waals surface area (Å²) in [5, 5.41) is 21.1. The van der Waals surface area contributed by atoms with Gasteiger partial charge >= 0.3 is 0 Å². The zero-order valence-corrected chi connectivity index (χ0v) is 14.7. The molecule has 3 rings (SSSR count). The van der Waals surface area contributed by atoms with Crippen LogP contribution in [0.2, 0.25) is 0 Å². The van der Waals surface area contributed by atoms with Gasteiger partial charge in [-0.2, -0.15) is 0 Å². The van der Waals surface area contributed by atoms with Gasteiger partial charge in [-0.25, -0.2) is 0 Å². The van der Waals surface area contributed by atoms with E-state index in [-0.39, 0.29) is 12.3 Å². The van der Waals surface area contributed by atoms with E-state index in [4.69, 9.17) is 0 Å². The Kier molecular flexibility index (Phi) is 5.35. The molecular formula is C22H23NO3. The van der Waals surface area contributed by atoms with Crippen molar-refractivity contribution in [3.63, 3.8) is 0 Å². The molecule has 1 heterocycles. The molecule has 4 heteroatoms. The van der Waals surface area contributed by atoms with E-state index >= 15 is 0 Å². The van der Waals surface area contributed by atoms with Crippen molar-refractivity contribution in [2.24, 2.45) is 0 Å². The number of allylic oxidation sites excluding steroid dienone is 2. The molecule has 0 aliphatic carbocycles. The number of aliphatic hydroxyl groups excluding tert-OH is 1. The van der Waals surface area contributed by atoms with Crippen LogP contribution in [0.25, 0.3) is 6.08 Å². The van der Waals surface area contributed by atoms with Gasteiger partial charge < -0.3 is 15.1 Å². The van der Waals surface area contributed by atoms with Crippen molar-refractivity contribution in [2.75, 3.05) is 11.9 Å². The van der Waals surface area contributed by atoms with Gasteiger partial charge in [0.1, 0.15) is 0 Å². The van der Waals surface area contributed by atoms with E-state index in [0.29, 0.717) is 12.0 Å². The summed E-state index contributed by atoms with van der Waals surface area (Å²) in [5.74, 6) is -0.348. The van der Waals surface area contributed by atoms with Crippen LogP contribution in [0.5, 0.6) is 0 Å². The second-order valence-corrected chi connectivity index (χ2v) is 6.50. The maximum atomic E-state index is 12.5. The van der Waals surface area contributed by atoms with Crippen LogP contribution in [0, 0.1) is 0 Å². The number of carbonyl (C=O) groups is 1. The summed E-state index contributed by atoms with van der Waals surface area (Å²) in [4.78, 5) is 14.0. The highest BCUT2D eigenvalue weighted by atomic mass is 16.3. The Hall–Kier alpha value is -2.69. The average molecular weight is 349 g/mol. The normalized spacial score (nSPS) is 20.9. The molecule has 4 nitrogen and oxygen atoms in total. The standard InChI is InChI=1S/C22H23NO3/c1-23-20-14-8-7-13-19(20)22(26,21(23)25)16-15-18(24)12-6-5-11-17-9-3-2-4-10-17/h2-14,18,24,26H,15-16H2,1H3/b11-5+,12-6+/t18?,22-/m0/s1. The first-order valence-corrected chi connectivity index (χ1v) is 8.70. The zero-order chi connectivity index (χ0) is 18.6. The minimum absolute atomic E-state index is 0.168. The van der Waals surface area contributed by atoms with Gasteiger partial charge in [0.15, 0.2) is 5.60 Å². The van der Waals surface area contributed by atoms with Crippen LogP contribution in [0.4, 0.5) is 5.69 Å². The summed E-state index contributed by atoms with van der Waals surface area (Å²) < 4.78 is 0. The van der Waals surface area contributed by atoms with Crippen molar-refractivity contribution in [1.82, 2.24) is 0 Å². The van der Waals surface area contributed by atoms with Gasteiger partial charge in [-0.15, -0.1) is 0 Å². The molecule has 0 fully saturated rings. The third-order valence-electron chi connectivity index (χ3n) is 4.70. The van der Waals surface area contributed by atoms with Crippen molar-refractivity contribution in [3.05, 3.63) is 84.0 Å². The number of para-hydroxylation sites is 1. The van der Waals surface area contributed by atoms with E-state index in [0.717, 1.165) is 11.3 Å². The highest BCUT2D eigenvalue weighted by Crippen LogP contribution is 2.42. The molecule has 2 N–H and O–H groups in total. The average Bonchev–Trinajstić information content (AvgIpc) is 2.87. The fourth-order valence-electron chi connectivity index (χ4n) is 3.24. The van der Waals surface area contributed by atoms with E-state index in [1.54, 1.807) is 31.3 Å². The van der Waals surface area contributed by atoms with E-state index in [2.05, 4.69) is 0 Å². The SMILES string of the molecule is CN1C(=O)[C@](O)(CCC(O)/C=C/C=C/c2ccccc2)c2ccccc21. The summed E-state index contributed by atoms with van der Waals surface area (Å²) in [6.45, 7) is 0. The summed E-state index contributed by atoms with van der Waals surface area (Å²) in [5.41, 5.74) is 0.834. The van der Waals surface area contributed by atoms with Crippen LogP contribution in [0.15, 0.2) is 72.8 Å². The fraction of sp³-hybridized carbons (Fsp3) is 0.227. The highest BCUT2D eigenvalue weighted by molar-refractivity contribution is 6.06. The Morgan fingerprint density at radius 2 is 1.77 bits per heavy atom. The number of hydrogen-bond donors (Lipinski definition) is 2. The molecule has 0 saturated carbocycles. The van der Waals surface area contributed by atoms with Gasteiger partial charge in [-0.05, 0) is 24.5 Å². The molecule has 0 aromatic heterocycles. The molecule has 1 aliphatic heterocycles. The van der Waals surface area contributed by atoms with Gasteiger partial charge in [0.05, 0.1) is 11.8 Å². The van der Waals surface area contributed by atoms with Crippen LogP contribution in [-0.4, -0.2) is 29.3 Å². The van der Waals surface area contributed by atoms with Gasteiger partial charge in [0.25, 0.3) is 5.91 Å². The van der Waals surface area contributed by atoms with Crippen molar-refractivity contribution < 1.29 is 15.0 Å². The first-order valence-electron chi connectivity index (χ1n) is 8.70. The fourth-order valence-corrected chi connectivity index (χ4v) is 3.24. The van der Waals surface area contributed by atoms with Gasteiger partial charge in [0, 0.05) is 12.6 Å². The minimum Gasteiger partial charge on any atom is -0.389 e. The summed E-state index contributed by atoms with van der Waals surface area (Å²) in [6.07, 6.45) is 6.97. The molecule has 2 aromatic rings. The number of aliphatic hydroxyl groups is 2. The lowest BCUT2D eigenvalue weighted by Gasteiger charge is -2.22. The smallest absolute Gasteiger partial charge is 0.263 e. The molecule has 0 saturated heterocycles. The zero-order valence-electron chi connectivity index (χ0n) is 14.7. The molecule has 1 aliphatic rings. The first-order chi connectivity index (χ1) is 12.5. The molecule has 0 spiro atoms. The number of amides is 1. The van der Waals surface area contributed by atoms with Crippen LogP contribution in [-0.2, 0) is 10.4 Å². The summed E-state index contributed by atoms with van der Waals surface area (Å²) in [6, 6.07) is 17.1. The highest BCUT2D eigenvalue weighted by Gasteiger charge is 2.47. The lowest BCUT2D eigenvalue weighted by molar-refractivity contribution is -0.137. The third-order valence-corrected chi connectivity index (χ3v) is 4.70. The van der Waals surface area contributed by atoms with E-state index in [1.165, 1.54) is 4.90 Å². The first kappa shape index (κ1) is 18.1. The maximum Gasteiger partial charge on any atom is 0.263 e. The van der Waals surface area contributed by atoms with Crippen molar-refractivity contribution in [2.45, 2.75) is 24.5 Å². The monoisotopic (exact) mass is 349 g/mol. The molecule has 0 bridgehead atoms. The predicted molar refractivity (Wildman–Crippen MR) is 104 cm³/mol. The van der Waals surface area contributed by atoms with Gasteiger partial charge in [-0.3, -0.25) is 4.79 Å². The number of carbonyl (C=O) groups excluding carboxylic acids is 1. The predicted octanol–water partition coefficient (Wildman–Crippen LogP) is 3.26. The molecule has 1 amide bonds. The summed E-state index contributed by atoms with van der Waals surface area (Å²) >= 11 is 0. The van der Waals surface area contributed by atoms with Crippen LogP contribution in [0.3, 0.4) is 0 Å². The van der Waals surface area contributed by atoms with Crippen LogP contribution < -0.4 is 4.90 Å². The second-order valence-electron chi connectivity index (χ2n) is 6.50. The Balaban J connectivity index is 1.61. The van der Waals surface area contributed by atoms with E-state index < -0.39 is 11.7 Å². The molecule has 2 aromatic carbocycles. The molecular weight excluding hydrogens is 326 g/mol. The van der Waals surface area contributed by atoms with Crippen molar-refractivity contribution in [3.8, 4) is 0 Å². The molecule has 0 radical (unpaired) electrons. The molecule has 134 valence electrons. The topological polar surface area (TPSA) is 60.8 Å². The Morgan fingerprint density at radius 3 is 2.54 bits per heavy atom. The number of rotatable bonds is 6. The van der Waals surface area contributed by atoms with E-state index in [9.17, 15) is 15.0 Å². The van der Waals surface area contributed by atoms with Crippen molar-refractivity contribution in [1.29, 1.82) is 0 Å². The minimum atomic E-state index is -1.57. The number of fused-ring (bicyclic) bond motifs is 1. The van der Waals surface area contributed by atoms with Crippen molar-refractivity contribution >= 4 is 17.7 Å². The molecule has 2 atom stereocenters. The Bertz CT molecular complexity index is 828. The summed E-state index contributed by atoms with van der Waals surface area (Å²) in [7, 11) is 1.66. The van der Waals surface area contributed by atoms with Gasteiger partial charge in [-0.1, -0.05) is 72.8 Å². The quantitative estimate of drug-likeness (QED) is 0.787. The second kappa shape index (κ2) is 7.68. The van der Waals surface area contributed by atoms with Crippen LogP contribution >= 0.6 is 0 Å². The number of benzene rings is 2. The van der Waals surface area contributed by atoms with Crippen LogP contribution in [0.1, 0.15) is 24.0 Å². The largest absolute Gasteiger partial charge is 0.389 e. The Labute approximate surface area is 153 Å². The van der Waals surface area contributed by atoms with E-state index in [1.807, 2.05) is 54.6 Å². The lowest BCUT2D eigenvalue weighted by atomic mass is 9.89. The molecule has 26 heavy (non-hydrogen) atoms. The number of likely N-dealkylation sites (N-methyl/N-ethyl adjacent to an activating group) is 1. The third kappa shape index (κ3) is 3.62. The lowest BCUT2D eigenvalue weighted by Crippen LogP contribution is -2.39.